The number of nitrogens with two attached hydrogens (primary N) is 1. The average Bonchev–Trinajstić information content (AvgIpc) is 2.50. The first-order chi connectivity index (χ1) is 7.16. The Labute approximate surface area is 88.0 Å². The molecular weight excluding hydrogens is 190 g/mol. The molecule has 2 N–H and O–H groups in total. The van der Waals surface area contributed by atoms with Crippen LogP contribution < -0.4 is 5.73 Å². The number of nitrogens with zero attached hydrogens (tertiary/aromatic N) is 4. The van der Waals surface area contributed by atoms with Gasteiger partial charge in [0.25, 0.3) is 0 Å². The van der Waals surface area contributed by atoms with Gasteiger partial charge >= 0.3 is 0 Å². The normalized spacial score (nSPS) is 10.5. The molecule has 0 saturated carbocycles. The van der Waals surface area contributed by atoms with Crippen LogP contribution in [0.1, 0.15) is 17.2 Å². The second-order valence-electron chi connectivity index (χ2n) is 3.46. The highest BCUT2D eigenvalue weighted by atomic mass is 15.3. The first-order valence-corrected chi connectivity index (χ1v) is 4.73. The van der Waals surface area contributed by atoms with Crippen LogP contribution in [-0.2, 0) is 6.54 Å². The first-order valence-electron chi connectivity index (χ1n) is 4.73. The zero-order chi connectivity index (χ0) is 10.8. The zero-order valence-corrected chi connectivity index (χ0v) is 8.81. The molecule has 2 rings (SSSR count). The van der Waals surface area contributed by atoms with E-state index in [0.717, 1.165) is 17.2 Å². The van der Waals surface area contributed by atoms with Crippen LogP contribution in [0.3, 0.4) is 0 Å². The van der Waals surface area contributed by atoms with Crippen molar-refractivity contribution in [1.29, 1.82) is 0 Å². The van der Waals surface area contributed by atoms with Gasteiger partial charge in [-0.15, -0.1) is 0 Å². The van der Waals surface area contributed by atoms with Crippen molar-refractivity contribution in [3.63, 3.8) is 0 Å². The Balaban J connectivity index is 2.26. The monoisotopic (exact) mass is 203 g/mol. The molecule has 2 aromatic rings. The minimum absolute atomic E-state index is 0.560. The fraction of sp³-hybridized carbons (Fsp3) is 0.300. The number of rotatable bonds is 2. The summed E-state index contributed by atoms with van der Waals surface area (Å²) in [5.74, 6) is 0.751. The van der Waals surface area contributed by atoms with Gasteiger partial charge in [-0.05, 0) is 19.9 Å². The molecule has 0 aliphatic carbocycles. The molecule has 0 fully saturated rings. The fourth-order valence-electron chi connectivity index (χ4n) is 1.33. The van der Waals surface area contributed by atoms with E-state index in [-0.39, 0.29) is 0 Å². The van der Waals surface area contributed by atoms with Crippen LogP contribution in [0.15, 0.2) is 18.5 Å². The lowest BCUT2D eigenvalue weighted by molar-refractivity contribution is 0.635. The second kappa shape index (κ2) is 3.68. The minimum atomic E-state index is 0.560. The van der Waals surface area contributed by atoms with E-state index in [1.54, 1.807) is 17.1 Å². The molecule has 5 heteroatoms. The highest BCUT2D eigenvalue weighted by Gasteiger charge is 2.05. The highest BCUT2D eigenvalue weighted by Crippen LogP contribution is 2.09. The van der Waals surface area contributed by atoms with Crippen molar-refractivity contribution < 1.29 is 0 Å². The first kappa shape index (κ1) is 9.64. The molecule has 78 valence electrons. The van der Waals surface area contributed by atoms with Gasteiger partial charge in [0.1, 0.15) is 12.4 Å². The summed E-state index contributed by atoms with van der Waals surface area (Å²) in [5.41, 5.74) is 8.30. The molecule has 0 spiro atoms. The van der Waals surface area contributed by atoms with E-state index >= 15 is 0 Å². The maximum Gasteiger partial charge on any atom is 0.149 e. The number of aryl methyl sites for hydroxylation is 1. The number of aromatic nitrogens is 4. The standard InChI is InChI=1S/C10H13N5/c1-7-3-4-12-10(14-7)6-15-8(2)9(11)5-13-15/h3-5H,6,11H2,1-2H3. The molecule has 0 saturated heterocycles. The van der Waals surface area contributed by atoms with E-state index < -0.39 is 0 Å². The Bertz CT molecular complexity index is 474. The number of hydrogen-bond acceptors (Lipinski definition) is 4. The summed E-state index contributed by atoms with van der Waals surface area (Å²) >= 11 is 0. The molecule has 2 heterocycles. The topological polar surface area (TPSA) is 69.6 Å². The SMILES string of the molecule is Cc1ccnc(Cn2ncc(N)c2C)n1. The molecule has 0 aliphatic heterocycles. The predicted octanol–water partition coefficient (Wildman–Crippen LogP) is 0.920. The van der Waals surface area contributed by atoms with Crippen LogP contribution in [0.25, 0.3) is 0 Å². The number of anilines is 1. The van der Waals surface area contributed by atoms with Crippen molar-refractivity contribution in [2.24, 2.45) is 0 Å². The van der Waals surface area contributed by atoms with E-state index in [1.165, 1.54) is 0 Å². The van der Waals surface area contributed by atoms with Gasteiger partial charge in [0, 0.05) is 11.9 Å². The number of hydrogen-bond donors (Lipinski definition) is 1. The van der Waals surface area contributed by atoms with Crippen molar-refractivity contribution in [3.8, 4) is 0 Å². The van der Waals surface area contributed by atoms with Crippen LogP contribution in [0.4, 0.5) is 5.69 Å². The lowest BCUT2D eigenvalue weighted by Crippen LogP contribution is -2.08. The van der Waals surface area contributed by atoms with Gasteiger partial charge in [0.15, 0.2) is 0 Å². The van der Waals surface area contributed by atoms with Gasteiger partial charge in [-0.1, -0.05) is 0 Å². The highest BCUT2D eigenvalue weighted by molar-refractivity contribution is 5.39. The van der Waals surface area contributed by atoms with Gasteiger partial charge in [0.05, 0.1) is 17.6 Å². The molecule has 0 radical (unpaired) electrons. The summed E-state index contributed by atoms with van der Waals surface area (Å²) < 4.78 is 1.80. The largest absolute Gasteiger partial charge is 0.396 e. The van der Waals surface area contributed by atoms with Crippen LogP contribution >= 0.6 is 0 Å². The van der Waals surface area contributed by atoms with E-state index in [2.05, 4.69) is 15.1 Å². The maximum absolute atomic E-state index is 5.70. The predicted molar refractivity (Wildman–Crippen MR) is 57.2 cm³/mol. The van der Waals surface area contributed by atoms with Crippen LogP contribution in [0, 0.1) is 13.8 Å². The second-order valence-corrected chi connectivity index (χ2v) is 3.46. The molecule has 2 aromatic heterocycles. The minimum Gasteiger partial charge on any atom is -0.396 e. The summed E-state index contributed by atoms with van der Waals surface area (Å²) in [6, 6.07) is 1.87. The van der Waals surface area contributed by atoms with Gasteiger partial charge in [0.2, 0.25) is 0 Å². The van der Waals surface area contributed by atoms with Gasteiger partial charge < -0.3 is 5.73 Å². The van der Waals surface area contributed by atoms with Gasteiger partial charge in [-0.3, -0.25) is 4.68 Å². The number of nitrogen functional groups attached to an aromatic ring is 1. The van der Waals surface area contributed by atoms with E-state index in [1.807, 2.05) is 19.9 Å². The van der Waals surface area contributed by atoms with Crippen molar-refractivity contribution in [1.82, 2.24) is 19.7 Å². The lowest BCUT2D eigenvalue weighted by Gasteiger charge is -2.03. The Morgan fingerprint density at radius 2 is 2.20 bits per heavy atom. The Hall–Kier alpha value is -1.91. The fourth-order valence-corrected chi connectivity index (χ4v) is 1.33. The van der Waals surface area contributed by atoms with E-state index in [0.29, 0.717) is 12.2 Å². The van der Waals surface area contributed by atoms with Crippen LogP contribution in [0.5, 0.6) is 0 Å². The molecule has 0 atom stereocenters. The molecule has 15 heavy (non-hydrogen) atoms. The van der Waals surface area contributed by atoms with Gasteiger partial charge in [-0.2, -0.15) is 5.10 Å². The lowest BCUT2D eigenvalue weighted by atomic mass is 10.4. The Morgan fingerprint density at radius 3 is 2.80 bits per heavy atom. The third-order valence-electron chi connectivity index (χ3n) is 2.28. The summed E-state index contributed by atoms with van der Waals surface area (Å²) in [5, 5.41) is 4.15. The summed E-state index contributed by atoms with van der Waals surface area (Å²) in [6.07, 6.45) is 3.39. The summed E-state index contributed by atoms with van der Waals surface area (Å²) in [4.78, 5) is 8.48. The molecule has 0 unspecified atom stereocenters. The third-order valence-corrected chi connectivity index (χ3v) is 2.28. The molecular formula is C10H13N5. The smallest absolute Gasteiger partial charge is 0.149 e. The van der Waals surface area contributed by atoms with Crippen molar-refractivity contribution in [2.75, 3.05) is 5.73 Å². The summed E-state index contributed by atoms with van der Waals surface area (Å²) in [6.45, 7) is 4.43. The van der Waals surface area contributed by atoms with Crippen molar-refractivity contribution >= 4 is 5.69 Å². The van der Waals surface area contributed by atoms with E-state index in [9.17, 15) is 0 Å². The van der Waals surface area contributed by atoms with Crippen LogP contribution in [0.2, 0.25) is 0 Å². The van der Waals surface area contributed by atoms with Crippen LogP contribution in [-0.4, -0.2) is 19.7 Å². The van der Waals surface area contributed by atoms with E-state index in [4.69, 9.17) is 5.73 Å². The Kier molecular flexibility index (Phi) is 2.37. The average molecular weight is 203 g/mol. The summed E-state index contributed by atoms with van der Waals surface area (Å²) in [7, 11) is 0. The third kappa shape index (κ3) is 1.96. The quantitative estimate of drug-likeness (QED) is 0.788. The zero-order valence-electron chi connectivity index (χ0n) is 8.81. The Morgan fingerprint density at radius 1 is 1.40 bits per heavy atom. The maximum atomic E-state index is 5.70. The molecule has 5 nitrogen and oxygen atoms in total. The van der Waals surface area contributed by atoms with Crippen molar-refractivity contribution in [2.45, 2.75) is 20.4 Å². The molecule has 0 aromatic carbocycles. The molecule has 0 aliphatic rings. The van der Waals surface area contributed by atoms with Crippen molar-refractivity contribution in [3.05, 3.63) is 35.7 Å². The molecule has 0 bridgehead atoms. The molecule has 0 amide bonds. The van der Waals surface area contributed by atoms with Gasteiger partial charge in [-0.25, -0.2) is 9.97 Å².